The van der Waals surface area contributed by atoms with Crippen molar-refractivity contribution in [1.82, 2.24) is 0 Å². The average molecular weight is 542 g/mol. The molecule has 0 fully saturated rings. The van der Waals surface area contributed by atoms with Crippen LogP contribution in [0.4, 0.5) is 26.3 Å². The minimum atomic E-state index is -4.44. The SMILES string of the molecule is C[N+](C)(CI)CCCC=C(c1ccc(C(F)(F)F)cc1)c1ccc(C(F)(F)F)cc1. The molecule has 164 valence electrons. The van der Waals surface area contributed by atoms with Crippen molar-refractivity contribution in [3.8, 4) is 0 Å². The summed E-state index contributed by atoms with van der Waals surface area (Å²) < 4.78 is 79.0. The van der Waals surface area contributed by atoms with Crippen LogP contribution in [0.2, 0.25) is 0 Å². The number of hydrogen-bond acceptors (Lipinski definition) is 0. The van der Waals surface area contributed by atoms with Gasteiger partial charge in [0.1, 0.15) is 4.55 Å². The van der Waals surface area contributed by atoms with Crippen molar-refractivity contribution in [2.45, 2.75) is 25.2 Å². The predicted molar refractivity (Wildman–Crippen MR) is 115 cm³/mol. The van der Waals surface area contributed by atoms with Gasteiger partial charge in [-0.05, 0) is 70.0 Å². The Hall–Kier alpha value is -1.55. The number of halogens is 7. The smallest absolute Gasteiger partial charge is 0.320 e. The fourth-order valence-corrected chi connectivity index (χ4v) is 3.25. The zero-order chi connectivity index (χ0) is 22.6. The van der Waals surface area contributed by atoms with Crippen molar-refractivity contribution in [2.75, 3.05) is 25.2 Å². The number of benzene rings is 2. The molecule has 8 heteroatoms. The van der Waals surface area contributed by atoms with E-state index in [1.54, 1.807) is 0 Å². The van der Waals surface area contributed by atoms with Crippen molar-refractivity contribution in [3.63, 3.8) is 0 Å². The van der Waals surface area contributed by atoms with E-state index in [2.05, 4.69) is 36.7 Å². The first-order chi connectivity index (χ1) is 13.8. The first-order valence-corrected chi connectivity index (χ1v) is 10.8. The highest BCUT2D eigenvalue weighted by molar-refractivity contribution is 14.1. The summed E-state index contributed by atoms with van der Waals surface area (Å²) in [6.07, 6.45) is -5.49. The standard InChI is InChI=1S/C22H23F6IN/c1-30(2,15-29)14-4-3-5-20(16-6-10-18(11-7-16)21(23,24)25)17-8-12-19(13-9-17)22(26,27)28/h5-13H,3-4,14-15H2,1-2H3/q+1. The van der Waals surface area contributed by atoms with Gasteiger partial charge in [-0.3, -0.25) is 0 Å². The lowest BCUT2D eigenvalue weighted by molar-refractivity contribution is -0.874. The lowest BCUT2D eigenvalue weighted by Gasteiger charge is -2.26. The summed E-state index contributed by atoms with van der Waals surface area (Å²) in [4.78, 5) is 0. The van der Waals surface area contributed by atoms with Gasteiger partial charge in [-0.25, -0.2) is 0 Å². The summed E-state index contributed by atoms with van der Waals surface area (Å²) in [6, 6.07) is 9.39. The molecular formula is C22H23F6IN+. The first-order valence-electron chi connectivity index (χ1n) is 9.27. The highest BCUT2D eigenvalue weighted by atomic mass is 127. The van der Waals surface area contributed by atoms with E-state index in [1.807, 2.05) is 6.08 Å². The summed E-state index contributed by atoms with van der Waals surface area (Å²) >= 11 is 2.31. The quantitative estimate of drug-likeness (QED) is 0.0855. The molecule has 0 heterocycles. The van der Waals surface area contributed by atoms with Crippen LogP contribution in [0.5, 0.6) is 0 Å². The number of alkyl halides is 7. The van der Waals surface area contributed by atoms with Crippen LogP contribution in [0.25, 0.3) is 5.57 Å². The summed E-state index contributed by atoms with van der Waals surface area (Å²) in [5.74, 6) is 0. The van der Waals surface area contributed by atoms with Crippen LogP contribution in [0, 0.1) is 0 Å². The van der Waals surface area contributed by atoms with E-state index >= 15 is 0 Å². The fourth-order valence-electron chi connectivity index (χ4n) is 2.91. The summed E-state index contributed by atoms with van der Waals surface area (Å²) in [7, 11) is 4.20. The molecule has 0 aliphatic heterocycles. The zero-order valence-corrected chi connectivity index (χ0v) is 18.8. The fraction of sp³-hybridized carbons (Fsp3) is 0.364. The van der Waals surface area contributed by atoms with Gasteiger partial charge in [-0.2, -0.15) is 26.3 Å². The normalized spacial score (nSPS) is 12.7. The Labute approximate surface area is 186 Å². The molecule has 2 aromatic carbocycles. The van der Waals surface area contributed by atoms with Crippen LogP contribution in [0.1, 0.15) is 35.1 Å². The molecule has 0 spiro atoms. The molecule has 0 aliphatic carbocycles. The van der Waals surface area contributed by atoms with E-state index in [-0.39, 0.29) is 0 Å². The number of quaternary nitrogens is 1. The number of nitrogens with zero attached hydrogens (tertiary/aromatic N) is 1. The van der Waals surface area contributed by atoms with Gasteiger partial charge in [-0.1, -0.05) is 30.3 Å². The molecule has 0 unspecified atom stereocenters. The van der Waals surface area contributed by atoms with Crippen molar-refractivity contribution < 1.29 is 30.8 Å². The topological polar surface area (TPSA) is 0 Å². The van der Waals surface area contributed by atoms with E-state index in [0.29, 0.717) is 23.1 Å². The molecule has 0 amide bonds. The molecule has 0 atom stereocenters. The lowest BCUT2D eigenvalue weighted by Crippen LogP contribution is -2.38. The number of unbranched alkanes of at least 4 members (excludes halogenated alkanes) is 1. The highest BCUT2D eigenvalue weighted by Crippen LogP contribution is 2.33. The molecule has 2 aromatic rings. The number of allylic oxidation sites excluding steroid dienone is 1. The van der Waals surface area contributed by atoms with E-state index in [0.717, 1.165) is 46.3 Å². The van der Waals surface area contributed by atoms with Crippen molar-refractivity contribution in [3.05, 3.63) is 76.9 Å². The van der Waals surface area contributed by atoms with Gasteiger partial charge in [-0.15, -0.1) is 0 Å². The molecule has 0 bridgehead atoms. The van der Waals surface area contributed by atoms with E-state index in [4.69, 9.17) is 0 Å². The van der Waals surface area contributed by atoms with Crippen LogP contribution in [0.3, 0.4) is 0 Å². The van der Waals surface area contributed by atoms with Gasteiger partial charge in [0.05, 0.1) is 31.8 Å². The summed E-state index contributed by atoms with van der Waals surface area (Å²) in [5, 5.41) is 0. The molecule has 1 nitrogen and oxygen atoms in total. The maximum absolute atomic E-state index is 12.9. The Morgan fingerprint density at radius 1 is 0.800 bits per heavy atom. The maximum Gasteiger partial charge on any atom is 0.416 e. The number of rotatable bonds is 7. The van der Waals surface area contributed by atoms with Gasteiger partial charge < -0.3 is 4.48 Å². The van der Waals surface area contributed by atoms with Crippen LogP contribution in [0.15, 0.2) is 54.6 Å². The molecular weight excluding hydrogens is 519 g/mol. The Morgan fingerprint density at radius 2 is 1.20 bits per heavy atom. The number of hydrogen-bond donors (Lipinski definition) is 0. The third-order valence-electron chi connectivity index (χ3n) is 4.69. The molecule has 0 saturated carbocycles. The molecule has 0 N–H and O–H groups in total. The van der Waals surface area contributed by atoms with E-state index in [1.165, 1.54) is 24.3 Å². The monoisotopic (exact) mass is 542 g/mol. The third kappa shape index (κ3) is 7.01. The minimum Gasteiger partial charge on any atom is -0.320 e. The van der Waals surface area contributed by atoms with Gasteiger partial charge in [0, 0.05) is 6.42 Å². The molecule has 0 aromatic heterocycles. The average Bonchev–Trinajstić information content (AvgIpc) is 2.67. The largest absolute Gasteiger partial charge is 0.416 e. The second kappa shape index (κ2) is 9.72. The Balaban J connectivity index is 2.34. The van der Waals surface area contributed by atoms with Gasteiger partial charge in [0.25, 0.3) is 0 Å². The van der Waals surface area contributed by atoms with Crippen LogP contribution >= 0.6 is 22.6 Å². The van der Waals surface area contributed by atoms with Crippen LogP contribution in [-0.4, -0.2) is 29.7 Å². The lowest BCUT2D eigenvalue weighted by atomic mass is 9.94. The van der Waals surface area contributed by atoms with Crippen LogP contribution < -0.4 is 0 Å². The first kappa shape index (κ1) is 24.7. The van der Waals surface area contributed by atoms with E-state index < -0.39 is 23.5 Å². The minimum absolute atomic E-state index is 0.533. The molecule has 30 heavy (non-hydrogen) atoms. The second-order valence-electron chi connectivity index (χ2n) is 7.69. The summed E-state index contributed by atoms with van der Waals surface area (Å²) in [5.41, 5.74) is 0.159. The van der Waals surface area contributed by atoms with Gasteiger partial charge in [0.15, 0.2) is 0 Å². The van der Waals surface area contributed by atoms with Crippen molar-refractivity contribution in [2.24, 2.45) is 0 Å². The maximum atomic E-state index is 12.9. The predicted octanol–water partition coefficient (Wildman–Crippen LogP) is 7.41. The van der Waals surface area contributed by atoms with Gasteiger partial charge >= 0.3 is 12.4 Å². The third-order valence-corrected chi connectivity index (χ3v) is 6.53. The Kier molecular flexibility index (Phi) is 8.01. The molecule has 2 rings (SSSR count). The van der Waals surface area contributed by atoms with E-state index in [9.17, 15) is 26.3 Å². The summed E-state index contributed by atoms with van der Waals surface area (Å²) in [6.45, 7) is 0.909. The Bertz CT molecular complexity index is 790. The highest BCUT2D eigenvalue weighted by Gasteiger charge is 2.31. The van der Waals surface area contributed by atoms with Crippen molar-refractivity contribution in [1.29, 1.82) is 0 Å². The molecule has 0 saturated heterocycles. The molecule has 0 aliphatic rings. The zero-order valence-electron chi connectivity index (χ0n) is 16.6. The molecule has 0 radical (unpaired) electrons. The van der Waals surface area contributed by atoms with Crippen LogP contribution in [-0.2, 0) is 12.4 Å². The van der Waals surface area contributed by atoms with Gasteiger partial charge in [0.2, 0.25) is 0 Å². The van der Waals surface area contributed by atoms with Crippen molar-refractivity contribution >= 4 is 28.2 Å². The second-order valence-corrected chi connectivity index (χ2v) is 8.37. The Morgan fingerprint density at radius 3 is 1.53 bits per heavy atom.